The normalized spacial score (nSPS) is 11.7. The van der Waals surface area contributed by atoms with Gasteiger partial charge in [0.05, 0.1) is 0 Å². The van der Waals surface area contributed by atoms with Crippen LogP contribution >= 0.6 is 24.0 Å². The van der Waals surface area contributed by atoms with Gasteiger partial charge >= 0.3 is 0 Å². The van der Waals surface area contributed by atoms with Crippen LogP contribution in [0.25, 0.3) is 0 Å². The second kappa shape index (κ2) is 13.4. The van der Waals surface area contributed by atoms with Crippen molar-refractivity contribution in [2.24, 2.45) is 4.99 Å². The van der Waals surface area contributed by atoms with Crippen molar-refractivity contribution in [3.8, 4) is 0 Å². The number of hydrogen-bond acceptors (Lipinski definition) is 4. The van der Waals surface area contributed by atoms with E-state index < -0.39 is 0 Å². The van der Waals surface area contributed by atoms with E-state index >= 15 is 0 Å². The predicted octanol–water partition coefficient (Wildman–Crippen LogP) is 1.74. The molecule has 0 aliphatic heterocycles. The van der Waals surface area contributed by atoms with Crippen LogP contribution in [0.2, 0.25) is 0 Å². The number of unbranched alkanes of at least 4 members (excludes halogenated alkanes) is 1. The molecular formula is C16H34IN7. The first-order valence-electron chi connectivity index (χ1n) is 8.59. The van der Waals surface area contributed by atoms with Crippen LogP contribution < -0.4 is 10.6 Å². The highest BCUT2D eigenvalue weighted by atomic mass is 127. The fraction of sp³-hybridized carbons (Fsp3) is 0.812. The summed E-state index contributed by atoms with van der Waals surface area (Å²) < 4.78 is 2.07. The first-order valence-corrected chi connectivity index (χ1v) is 8.59. The van der Waals surface area contributed by atoms with Crippen molar-refractivity contribution < 1.29 is 0 Å². The summed E-state index contributed by atoms with van der Waals surface area (Å²) in [6.45, 7) is 10.3. The number of halogens is 1. The molecular weight excluding hydrogens is 417 g/mol. The van der Waals surface area contributed by atoms with E-state index in [9.17, 15) is 0 Å². The van der Waals surface area contributed by atoms with Crippen LogP contribution in [0.15, 0.2) is 11.3 Å². The SMILES string of the molecule is CCc1nncn1CCNC(=NC)NCCCCN(C)C(C)C.I. The molecule has 0 radical (unpaired) electrons. The standard InChI is InChI=1S/C16H33N7.HI/c1-6-15-21-20-13-23(15)12-10-19-16(17-4)18-9-7-8-11-22(5)14(2)3;/h13-14H,6-12H2,1-5H3,(H2,17,18,19);1H. The van der Waals surface area contributed by atoms with Gasteiger partial charge < -0.3 is 20.1 Å². The average molecular weight is 451 g/mol. The summed E-state index contributed by atoms with van der Waals surface area (Å²) in [6.07, 6.45) is 5.02. The average Bonchev–Trinajstić information content (AvgIpc) is 2.99. The molecule has 7 nitrogen and oxygen atoms in total. The number of aliphatic imine (C=N–C) groups is 1. The Hall–Kier alpha value is -0.900. The van der Waals surface area contributed by atoms with Crippen molar-refractivity contribution in [1.29, 1.82) is 0 Å². The quantitative estimate of drug-likeness (QED) is 0.246. The van der Waals surface area contributed by atoms with Crippen LogP contribution in [-0.2, 0) is 13.0 Å². The van der Waals surface area contributed by atoms with E-state index in [-0.39, 0.29) is 24.0 Å². The predicted molar refractivity (Wildman–Crippen MR) is 111 cm³/mol. The van der Waals surface area contributed by atoms with Crippen LogP contribution in [0.1, 0.15) is 39.4 Å². The summed E-state index contributed by atoms with van der Waals surface area (Å²) >= 11 is 0. The van der Waals surface area contributed by atoms with Gasteiger partial charge in [-0.2, -0.15) is 0 Å². The summed E-state index contributed by atoms with van der Waals surface area (Å²) in [5.41, 5.74) is 0. The van der Waals surface area contributed by atoms with E-state index in [1.165, 1.54) is 6.42 Å². The maximum Gasteiger partial charge on any atom is 0.191 e. The molecule has 1 aromatic rings. The zero-order chi connectivity index (χ0) is 17.1. The summed E-state index contributed by atoms with van der Waals surface area (Å²) in [7, 11) is 3.98. The molecule has 0 aliphatic carbocycles. The van der Waals surface area contributed by atoms with Gasteiger partial charge in [0.25, 0.3) is 0 Å². The van der Waals surface area contributed by atoms with Gasteiger partial charge in [0.15, 0.2) is 5.96 Å². The Labute approximate surface area is 163 Å². The first kappa shape index (κ1) is 23.1. The lowest BCUT2D eigenvalue weighted by molar-refractivity contribution is 0.268. The summed E-state index contributed by atoms with van der Waals surface area (Å²) in [4.78, 5) is 6.63. The Morgan fingerprint density at radius 2 is 2.00 bits per heavy atom. The molecule has 2 N–H and O–H groups in total. The Morgan fingerprint density at radius 3 is 2.62 bits per heavy atom. The molecule has 24 heavy (non-hydrogen) atoms. The first-order chi connectivity index (χ1) is 11.1. The number of aromatic nitrogens is 3. The molecule has 1 heterocycles. The molecule has 0 spiro atoms. The molecule has 0 unspecified atom stereocenters. The highest BCUT2D eigenvalue weighted by Crippen LogP contribution is 1.97. The molecule has 0 atom stereocenters. The van der Waals surface area contributed by atoms with Gasteiger partial charge in [0.1, 0.15) is 12.2 Å². The largest absolute Gasteiger partial charge is 0.356 e. The number of nitrogens with zero attached hydrogens (tertiary/aromatic N) is 5. The zero-order valence-corrected chi connectivity index (χ0v) is 18.1. The molecule has 1 rings (SSSR count). The van der Waals surface area contributed by atoms with Crippen molar-refractivity contribution in [3.05, 3.63) is 12.2 Å². The third kappa shape index (κ3) is 8.81. The molecule has 1 aromatic heterocycles. The minimum absolute atomic E-state index is 0. The van der Waals surface area contributed by atoms with Gasteiger partial charge in [0, 0.05) is 39.1 Å². The Morgan fingerprint density at radius 1 is 1.29 bits per heavy atom. The van der Waals surface area contributed by atoms with E-state index in [4.69, 9.17) is 0 Å². The number of hydrogen-bond donors (Lipinski definition) is 2. The lowest BCUT2D eigenvalue weighted by Gasteiger charge is -2.20. The molecule has 0 fully saturated rings. The van der Waals surface area contributed by atoms with Crippen molar-refractivity contribution in [2.75, 3.05) is 33.7 Å². The minimum atomic E-state index is 0. The lowest BCUT2D eigenvalue weighted by atomic mass is 10.2. The Bertz CT molecular complexity index is 459. The third-order valence-corrected chi connectivity index (χ3v) is 3.99. The molecule has 0 amide bonds. The number of nitrogens with one attached hydrogen (secondary N) is 2. The molecule has 0 aromatic carbocycles. The van der Waals surface area contributed by atoms with Crippen molar-refractivity contribution in [2.45, 2.75) is 52.6 Å². The van der Waals surface area contributed by atoms with E-state index in [1.54, 1.807) is 13.4 Å². The molecule has 0 saturated heterocycles. The molecule has 0 bridgehead atoms. The number of guanidine groups is 1. The van der Waals surface area contributed by atoms with Gasteiger partial charge in [0.2, 0.25) is 0 Å². The summed E-state index contributed by atoms with van der Waals surface area (Å²) in [6, 6.07) is 0.614. The maximum atomic E-state index is 4.25. The number of aryl methyl sites for hydroxylation is 1. The molecule has 0 saturated carbocycles. The van der Waals surface area contributed by atoms with Crippen LogP contribution in [-0.4, -0.2) is 65.4 Å². The molecule has 8 heteroatoms. The van der Waals surface area contributed by atoms with Crippen molar-refractivity contribution >= 4 is 29.9 Å². The van der Waals surface area contributed by atoms with E-state index in [2.05, 4.69) is 63.1 Å². The maximum absolute atomic E-state index is 4.25. The van der Waals surface area contributed by atoms with Crippen LogP contribution in [0.5, 0.6) is 0 Å². The highest BCUT2D eigenvalue weighted by molar-refractivity contribution is 14.0. The van der Waals surface area contributed by atoms with Crippen molar-refractivity contribution in [1.82, 2.24) is 30.3 Å². The summed E-state index contributed by atoms with van der Waals surface area (Å²) in [5.74, 6) is 1.87. The monoisotopic (exact) mass is 451 g/mol. The molecule has 140 valence electrons. The second-order valence-corrected chi connectivity index (χ2v) is 6.00. The van der Waals surface area contributed by atoms with Crippen LogP contribution in [0.3, 0.4) is 0 Å². The van der Waals surface area contributed by atoms with Gasteiger partial charge in [-0.15, -0.1) is 34.2 Å². The topological polar surface area (TPSA) is 70.4 Å². The fourth-order valence-electron chi connectivity index (χ4n) is 2.21. The second-order valence-electron chi connectivity index (χ2n) is 6.00. The van der Waals surface area contributed by atoms with Gasteiger partial charge in [-0.1, -0.05) is 6.92 Å². The van der Waals surface area contributed by atoms with Gasteiger partial charge in [-0.3, -0.25) is 4.99 Å². The van der Waals surface area contributed by atoms with E-state index in [0.29, 0.717) is 6.04 Å². The smallest absolute Gasteiger partial charge is 0.191 e. The Kier molecular flexibility index (Phi) is 12.9. The van der Waals surface area contributed by atoms with Crippen molar-refractivity contribution in [3.63, 3.8) is 0 Å². The zero-order valence-electron chi connectivity index (χ0n) is 15.7. The van der Waals surface area contributed by atoms with Crippen LogP contribution in [0.4, 0.5) is 0 Å². The summed E-state index contributed by atoms with van der Waals surface area (Å²) in [5, 5.41) is 14.7. The van der Waals surface area contributed by atoms with Crippen LogP contribution in [0, 0.1) is 0 Å². The fourth-order valence-corrected chi connectivity index (χ4v) is 2.21. The van der Waals surface area contributed by atoms with E-state index in [0.717, 1.165) is 50.8 Å². The third-order valence-electron chi connectivity index (χ3n) is 3.99. The number of rotatable bonds is 10. The van der Waals surface area contributed by atoms with E-state index in [1.807, 2.05) is 0 Å². The van der Waals surface area contributed by atoms with Gasteiger partial charge in [-0.05, 0) is 40.3 Å². The minimum Gasteiger partial charge on any atom is -0.356 e. The Balaban J connectivity index is 0.00000529. The van der Waals surface area contributed by atoms with Gasteiger partial charge in [-0.25, -0.2) is 0 Å². The lowest BCUT2D eigenvalue weighted by Crippen LogP contribution is -2.39. The highest BCUT2D eigenvalue weighted by Gasteiger charge is 2.03. The molecule has 0 aliphatic rings.